The molecule has 0 saturated carbocycles. The van der Waals surface area contributed by atoms with E-state index in [0.29, 0.717) is 11.4 Å². The first-order chi connectivity index (χ1) is 15.3. The molecule has 1 amide bonds. The van der Waals surface area contributed by atoms with Gasteiger partial charge >= 0.3 is 5.97 Å². The largest absolute Gasteiger partial charge is 0.480 e. The van der Waals surface area contributed by atoms with Crippen LogP contribution in [0.3, 0.4) is 0 Å². The topological polar surface area (TPSA) is 125 Å². The van der Waals surface area contributed by atoms with Crippen LogP contribution in [-0.4, -0.2) is 37.7 Å². The van der Waals surface area contributed by atoms with Crippen molar-refractivity contribution in [2.24, 2.45) is 4.99 Å². The molecule has 0 bridgehead atoms. The summed E-state index contributed by atoms with van der Waals surface area (Å²) in [6.07, 6.45) is 0. The monoisotopic (exact) mass is 449 g/mol. The van der Waals surface area contributed by atoms with Crippen molar-refractivity contribution in [1.82, 2.24) is 4.72 Å². The van der Waals surface area contributed by atoms with Gasteiger partial charge in [0.1, 0.15) is 12.5 Å². The van der Waals surface area contributed by atoms with Crippen LogP contribution in [0.4, 0.5) is 11.4 Å². The molecule has 4 rings (SSSR count). The molecule has 0 aromatic heterocycles. The maximum absolute atomic E-state index is 12.8. The normalized spacial score (nSPS) is 15.8. The van der Waals surface area contributed by atoms with Crippen molar-refractivity contribution in [2.45, 2.75) is 10.8 Å². The van der Waals surface area contributed by atoms with Gasteiger partial charge in [0.05, 0.1) is 16.3 Å². The molecule has 3 N–H and O–H groups in total. The standard InChI is InChI=1S/C23H19N3O5S/c27-20(28)14-24-32(30,31)17-12-10-16(11-13-17)25-22(15-6-2-1-3-7-15)21-18-8-4-5-9-19(18)26-23(21)29/h1-13,21,24H,14H2,(H,26,29)(H,27,28). The molecular weight excluding hydrogens is 430 g/mol. The Morgan fingerprint density at radius 1 is 0.969 bits per heavy atom. The Labute approximate surface area is 184 Å². The highest BCUT2D eigenvalue weighted by Crippen LogP contribution is 2.36. The molecule has 1 aliphatic heterocycles. The molecule has 1 unspecified atom stereocenters. The number of carbonyl (C=O) groups excluding carboxylic acids is 1. The fourth-order valence-corrected chi connectivity index (χ4v) is 4.44. The molecule has 1 aliphatic rings. The van der Waals surface area contributed by atoms with Crippen LogP contribution in [0, 0.1) is 0 Å². The first-order valence-corrected chi connectivity index (χ1v) is 11.2. The second-order valence-corrected chi connectivity index (χ2v) is 8.85. The lowest BCUT2D eigenvalue weighted by Gasteiger charge is -2.14. The van der Waals surface area contributed by atoms with Gasteiger partial charge in [-0.2, -0.15) is 4.72 Å². The number of carboxylic acids is 1. The minimum Gasteiger partial charge on any atom is -0.480 e. The predicted molar refractivity (Wildman–Crippen MR) is 120 cm³/mol. The highest BCUT2D eigenvalue weighted by atomic mass is 32.2. The fourth-order valence-electron chi connectivity index (χ4n) is 3.46. The number of carbonyl (C=O) groups is 2. The van der Waals surface area contributed by atoms with Crippen molar-refractivity contribution in [3.05, 3.63) is 90.0 Å². The van der Waals surface area contributed by atoms with Gasteiger partial charge < -0.3 is 10.4 Å². The van der Waals surface area contributed by atoms with Crippen molar-refractivity contribution in [1.29, 1.82) is 0 Å². The maximum Gasteiger partial charge on any atom is 0.318 e. The van der Waals surface area contributed by atoms with Crippen LogP contribution < -0.4 is 10.0 Å². The molecule has 3 aromatic rings. The summed E-state index contributed by atoms with van der Waals surface area (Å²) >= 11 is 0. The van der Waals surface area contributed by atoms with E-state index in [2.05, 4.69) is 5.32 Å². The summed E-state index contributed by atoms with van der Waals surface area (Å²) in [6, 6.07) is 22.4. The predicted octanol–water partition coefficient (Wildman–Crippen LogP) is 2.91. The molecule has 9 heteroatoms. The Morgan fingerprint density at radius 2 is 1.62 bits per heavy atom. The van der Waals surface area contributed by atoms with E-state index >= 15 is 0 Å². The molecule has 8 nitrogen and oxygen atoms in total. The number of hydrogen-bond donors (Lipinski definition) is 3. The van der Waals surface area contributed by atoms with Crippen LogP contribution in [-0.2, 0) is 19.6 Å². The molecule has 3 aromatic carbocycles. The summed E-state index contributed by atoms with van der Waals surface area (Å²) in [6.45, 7) is -0.712. The van der Waals surface area contributed by atoms with Crippen LogP contribution in [0.25, 0.3) is 0 Å². The number of fused-ring (bicyclic) bond motifs is 1. The minimum atomic E-state index is -3.96. The number of nitrogens with zero attached hydrogens (tertiary/aromatic N) is 1. The second kappa shape index (κ2) is 8.74. The summed E-state index contributed by atoms with van der Waals surface area (Å²) in [5.41, 5.74) is 3.31. The van der Waals surface area contributed by atoms with E-state index in [4.69, 9.17) is 10.1 Å². The average molecular weight is 449 g/mol. The molecule has 0 aliphatic carbocycles. The van der Waals surface area contributed by atoms with Gasteiger partial charge in [0.2, 0.25) is 15.9 Å². The Kier molecular flexibility index (Phi) is 5.85. The highest BCUT2D eigenvalue weighted by molar-refractivity contribution is 7.89. The number of benzene rings is 3. The van der Waals surface area contributed by atoms with Crippen LogP contribution in [0.5, 0.6) is 0 Å². The zero-order chi connectivity index (χ0) is 22.7. The first kappa shape index (κ1) is 21.4. The van der Waals surface area contributed by atoms with E-state index in [-0.39, 0.29) is 10.8 Å². The zero-order valence-electron chi connectivity index (χ0n) is 16.7. The van der Waals surface area contributed by atoms with Crippen LogP contribution in [0.15, 0.2) is 88.8 Å². The molecular formula is C23H19N3O5S. The smallest absolute Gasteiger partial charge is 0.318 e. The number of rotatable bonds is 7. The molecule has 1 atom stereocenters. The van der Waals surface area contributed by atoms with E-state index in [0.717, 1.165) is 16.8 Å². The van der Waals surface area contributed by atoms with Gasteiger partial charge in [-0.3, -0.25) is 14.6 Å². The van der Waals surface area contributed by atoms with Gasteiger partial charge in [-0.1, -0.05) is 48.5 Å². The van der Waals surface area contributed by atoms with E-state index in [1.807, 2.05) is 59.3 Å². The molecule has 0 saturated heterocycles. The Morgan fingerprint density at radius 3 is 2.31 bits per heavy atom. The van der Waals surface area contributed by atoms with Crippen LogP contribution >= 0.6 is 0 Å². The number of carboxylic acid groups (broad SMARTS) is 1. The second-order valence-electron chi connectivity index (χ2n) is 7.08. The third kappa shape index (κ3) is 4.43. The highest BCUT2D eigenvalue weighted by Gasteiger charge is 2.35. The van der Waals surface area contributed by atoms with E-state index in [9.17, 15) is 18.0 Å². The number of aliphatic imine (C=N–C) groups is 1. The molecule has 162 valence electrons. The molecule has 0 fully saturated rings. The lowest BCUT2D eigenvalue weighted by Crippen LogP contribution is -2.29. The SMILES string of the molecule is O=C(O)CNS(=O)(=O)c1ccc(N=C(c2ccccc2)C2C(=O)Nc3ccccc32)cc1. The summed E-state index contributed by atoms with van der Waals surface area (Å²) < 4.78 is 26.4. The van der Waals surface area contributed by atoms with Gasteiger partial charge in [0.15, 0.2) is 0 Å². The third-order valence-corrected chi connectivity index (χ3v) is 6.36. The first-order valence-electron chi connectivity index (χ1n) is 9.70. The van der Waals surface area contributed by atoms with Gasteiger partial charge in [-0.15, -0.1) is 0 Å². The fraction of sp³-hybridized carbons (Fsp3) is 0.0870. The van der Waals surface area contributed by atoms with E-state index in [1.54, 1.807) is 0 Å². The Hall–Kier alpha value is -3.82. The molecule has 32 heavy (non-hydrogen) atoms. The zero-order valence-corrected chi connectivity index (χ0v) is 17.5. The lowest BCUT2D eigenvalue weighted by atomic mass is 9.90. The van der Waals surface area contributed by atoms with Crippen LogP contribution in [0.1, 0.15) is 17.0 Å². The number of aliphatic carboxylic acids is 1. The van der Waals surface area contributed by atoms with Crippen molar-refractivity contribution in [2.75, 3.05) is 11.9 Å². The van der Waals surface area contributed by atoms with Gasteiger partial charge in [-0.25, -0.2) is 8.42 Å². The van der Waals surface area contributed by atoms with Crippen molar-refractivity contribution >= 4 is 39.0 Å². The van der Waals surface area contributed by atoms with Gasteiger partial charge in [0, 0.05) is 5.69 Å². The summed E-state index contributed by atoms with van der Waals surface area (Å²) in [5, 5.41) is 11.6. The minimum absolute atomic E-state index is 0.0806. The average Bonchev–Trinajstić information content (AvgIpc) is 3.12. The number of hydrogen-bond acceptors (Lipinski definition) is 5. The third-order valence-electron chi connectivity index (χ3n) is 4.94. The van der Waals surface area contributed by atoms with Crippen molar-refractivity contribution in [3.8, 4) is 0 Å². The van der Waals surface area contributed by atoms with Gasteiger partial charge in [0.25, 0.3) is 0 Å². The summed E-state index contributed by atoms with van der Waals surface area (Å²) in [4.78, 5) is 28.1. The molecule has 0 spiro atoms. The molecule has 1 heterocycles. The summed E-state index contributed by atoms with van der Waals surface area (Å²) in [7, 11) is -3.96. The van der Waals surface area contributed by atoms with Crippen molar-refractivity contribution in [3.63, 3.8) is 0 Å². The maximum atomic E-state index is 12.8. The van der Waals surface area contributed by atoms with Crippen molar-refractivity contribution < 1.29 is 23.1 Å². The Balaban J connectivity index is 1.73. The quantitative estimate of drug-likeness (QED) is 0.478. The Bertz CT molecular complexity index is 1300. The van der Waals surface area contributed by atoms with E-state index in [1.165, 1.54) is 24.3 Å². The number of sulfonamides is 1. The number of anilines is 1. The number of para-hydroxylation sites is 1. The van der Waals surface area contributed by atoms with Gasteiger partial charge in [-0.05, 0) is 41.5 Å². The summed E-state index contributed by atoms with van der Waals surface area (Å²) in [5.74, 6) is -2.09. The number of amides is 1. The number of nitrogens with one attached hydrogen (secondary N) is 2. The lowest BCUT2D eigenvalue weighted by molar-refractivity contribution is -0.135. The van der Waals surface area contributed by atoms with Crippen LogP contribution in [0.2, 0.25) is 0 Å². The molecule has 0 radical (unpaired) electrons. The van der Waals surface area contributed by atoms with E-state index < -0.39 is 28.5 Å².